The van der Waals surface area contributed by atoms with E-state index in [0.29, 0.717) is 17.9 Å². The van der Waals surface area contributed by atoms with Crippen molar-refractivity contribution >= 4 is 5.95 Å². The van der Waals surface area contributed by atoms with E-state index in [1.807, 2.05) is 18.2 Å². The third-order valence-corrected chi connectivity index (χ3v) is 3.63. The minimum atomic E-state index is 0.128. The van der Waals surface area contributed by atoms with Crippen molar-refractivity contribution in [3.8, 4) is 5.88 Å². The zero-order chi connectivity index (χ0) is 14.5. The van der Waals surface area contributed by atoms with Crippen LogP contribution < -0.4 is 10.1 Å². The average Bonchev–Trinajstić information content (AvgIpc) is 2.56. The molecule has 0 amide bonds. The van der Waals surface area contributed by atoms with Crippen molar-refractivity contribution < 1.29 is 9.47 Å². The number of benzene rings is 1. The molecule has 0 saturated carbocycles. The molecular formula is C16H19N3O2. The Balaban J connectivity index is 1.66. The van der Waals surface area contributed by atoms with Gasteiger partial charge in [-0.05, 0) is 18.4 Å². The number of ether oxygens (including phenoxy) is 2. The lowest BCUT2D eigenvalue weighted by Crippen LogP contribution is -2.30. The summed E-state index contributed by atoms with van der Waals surface area (Å²) in [7, 11) is 1.60. The predicted octanol–water partition coefficient (Wildman–Crippen LogP) is 2.82. The van der Waals surface area contributed by atoms with Gasteiger partial charge in [-0.25, -0.2) is 4.98 Å². The molecule has 3 rings (SSSR count). The number of hydrogen-bond donors (Lipinski definition) is 1. The first-order valence-electron chi connectivity index (χ1n) is 7.15. The molecule has 2 heterocycles. The van der Waals surface area contributed by atoms with Crippen molar-refractivity contribution in [1.29, 1.82) is 0 Å². The molecule has 2 aromatic rings. The van der Waals surface area contributed by atoms with Crippen molar-refractivity contribution in [2.45, 2.75) is 25.0 Å². The number of anilines is 1. The van der Waals surface area contributed by atoms with Crippen LogP contribution in [0.1, 0.15) is 24.5 Å². The van der Waals surface area contributed by atoms with Crippen molar-refractivity contribution in [1.82, 2.24) is 9.97 Å². The average molecular weight is 285 g/mol. The van der Waals surface area contributed by atoms with Crippen molar-refractivity contribution in [3.05, 3.63) is 48.2 Å². The molecule has 0 spiro atoms. The Bertz CT molecular complexity index is 577. The maximum atomic E-state index is 5.87. The summed E-state index contributed by atoms with van der Waals surface area (Å²) in [5.74, 6) is 1.17. The minimum absolute atomic E-state index is 0.128. The Morgan fingerprint density at radius 3 is 2.90 bits per heavy atom. The molecule has 1 fully saturated rings. The van der Waals surface area contributed by atoms with E-state index in [4.69, 9.17) is 9.47 Å². The molecule has 2 unspecified atom stereocenters. The summed E-state index contributed by atoms with van der Waals surface area (Å²) >= 11 is 0. The zero-order valence-corrected chi connectivity index (χ0v) is 12.0. The fourth-order valence-electron chi connectivity index (χ4n) is 2.54. The third kappa shape index (κ3) is 3.49. The summed E-state index contributed by atoms with van der Waals surface area (Å²) in [5, 5.41) is 3.37. The Morgan fingerprint density at radius 1 is 1.24 bits per heavy atom. The number of rotatable bonds is 4. The summed E-state index contributed by atoms with van der Waals surface area (Å²) in [5.41, 5.74) is 1.22. The molecule has 1 aromatic heterocycles. The highest BCUT2D eigenvalue weighted by molar-refractivity contribution is 5.29. The summed E-state index contributed by atoms with van der Waals surface area (Å²) in [6, 6.07) is 12.4. The van der Waals surface area contributed by atoms with Crippen LogP contribution in [-0.2, 0) is 4.74 Å². The van der Waals surface area contributed by atoms with Gasteiger partial charge in [0, 0.05) is 24.9 Å². The van der Waals surface area contributed by atoms with E-state index in [-0.39, 0.29) is 6.10 Å². The van der Waals surface area contributed by atoms with Gasteiger partial charge in [-0.15, -0.1) is 0 Å². The van der Waals surface area contributed by atoms with Gasteiger partial charge in [0.15, 0.2) is 0 Å². The lowest BCUT2D eigenvalue weighted by molar-refractivity contribution is 0.00968. The van der Waals surface area contributed by atoms with Crippen LogP contribution in [0.5, 0.6) is 5.88 Å². The first-order valence-corrected chi connectivity index (χ1v) is 7.15. The maximum Gasteiger partial charge on any atom is 0.226 e. The molecule has 1 aliphatic rings. The van der Waals surface area contributed by atoms with E-state index in [2.05, 4.69) is 27.4 Å². The van der Waals surface area contributed by atoms with Crippen molar-refractivity contribution in [3.63, 3.8) is 0 Å². The van der Waals surface area contributed by atoms with Gasteiger partial charge in [-0.3, -0.25) is 0 Å². The maximum absolute atomic E-state index is 5.87. The van der Waals surface area contributed by atoms with Gasteiger partial charge in [-0.1, -0.05) is 30.3 Å². The van der Waals surface area contributed by atoms with E-state index < -0.39 is 0 Å². The van der Waals surface area contributed by atoms with Gasteiger partial charge < -0.3 is 14.8 Å². The van der Waals surface area contributed by atoms with Gasteiger partial charge in [0.05, 0.1) is 13.2 Å². The largest absolute Gasteiger partial charge is 0.481 e. The van der Waals surface area contributed by atoms with E-state index >= 15 is 0 Å². The molecular weight excluding hydrogens is 266 g/mol. The fourth-order valence-corrected chi connectivity index (χ4v) is 2.54. The van der Waals surface area contributed by atoms with Gasteiger partial charge >= 0.3 is 0 Å². The molecule has 21 heavy (non-hydrogen) atoms. The molecule has 0 aliphatic carbocycles. The highest BCUT2D eigenvalue weighted by Gasteiger charge is 2.24. The molecule has 5 nitrogen and oxygen atoms in total. The predicted molar refractivity (Wildman–Crippen MR) is 80.4 cm³/mol. The monoisotopic (exact) mass is 285 g/mol. The molecule has 1 N–H and O–H groups in total. The fraction of sp³-hybridized carbons (Fsp3) is 0.375. The van der Waals surface area contributed by atoms with Crippen LogP contribution in [0.4, 0.5) is 5.95 Å². The molecule has 0 bridgehead atoms. The second-order valence-electron chi connectivity index (χ2n) is 5.06. The summed E-state index contributed by atoms with van der Waals surface area (Å²) < 4.78 is 11.0. The molecule has 1 aliphatic heterocycles. The van der Waals surface area contributed by atoms with E-state index in [1.54, 1.807) is 19.4 Å². The Kier molecular flexibility index (Phi) is 4.31. The first kappa shape index (κ1) is 13.8. The van der Waals surface area contributed by atoms with Crippen LogP contribution in [0.15, 0.2) is 42.6 Å². The standard InChI is InChI=1S/C16H19N3O2/c1-20-15-7-9-17-16(19-15)18-13-8-10-21-14(11-13)12-5-3-2-4-6-12/h2-7,9,13-14H,8,10-11H2,1H3,(H,17,18,19). The summed E-state index contributed by atoms with van der Waals surface area (Å²) in [6.45, 7) is 0.737. The van der Waals surface area contributed by atoms with Gasteiger partial charge in [0.25, 0.3) is 0 Å². The Labute approximate surface area is 124 Å². The number of methoxy groups -OCH3 is 1. The lowest BCUT2D eigenvalue weighted by atomic mass is 9.97. The number of nitrogens with zero attached hydrogens (tertiary/aromatic N) is 2. The molecule has 1 saturated heterocycles. The SMILES string of the molecule is COc1ccnc(NC2CCOC(c3ccccc3)C2)n1. The van der Waals surface area contributed by atoms with Crippen LogP contribution >= 0.6 is 0 Å². The zero-order valence-electron chi connectivity index (χ0n) is 12.0. The summed E-state index contributed by atoms with van der Waals surface area (Å²) in [6.07, 6.45) is 3.68. The third-order valence-electron chi connectivity index (χ3n) is 3.63. The van der Waals surface area contributed by atoms with Crippen LogP contribution in [-0.4, -0.2) is 29.7 Å². The van der Waals surface area contributed by atoms with Crippen LogP contribution in [0, 0.1) is 0 Å². The molecule has 110 valence electrons. The van der Waals surface area contributed by atoms with Crippen LogP contribution in [0.2, 0.25) is 0 Å². The molecule has 2 atom stereocenters. The van der Waals surface area contributed by atoms with E-state index in [1.165, 1.54) is 5.56 Å². The summed E-state index contributed by atoms with van der Waals surface area (Å²) in [4.78, 5) is 8.53. The Morgan fingerprint density at radius 2 is 2.10 bits per heavy atom. The smallest absolute Gasteiger partial charge is 0.226 e. The van der Waals surface area contributed by atoms with Crippen LogP contribution in [0.3, 0.4) is 0 Å². The first-order chi connectivity index (χ1) is 10.3. The van der Waals surface area contributed by atoms with E-state index in [9.17, 15) is 0 Å². The van der Waals surface area contributed by atoms with Gasteiger partial charge in [-0.2, -0.15) is 4.98 Å². The van der Waals surface area contributed by atoms with Gasteiger partial charge in [0.2, 0.25) is 11.8 Å². The second kappa shape index (κ2) is 6.54. The van der Waals surface area contributed by atoms with E-state index in [0.717, 1.165) is 19.4 Å². The second-order valence-corrected chi connectivity index (χ2v) is 5.06. The normalized spacial score (nSPS) is 21.8. The molecule has 1 aromatic carbocycles. The quantitative estimate of drug-likeness (QED) is 0.936. The van der Waals surface area contributed by atoms with Crippen molar-refractivity contribution in [2.24, 2.45) is 0 Å². The lowest BCUT2D eigenvalue weighted by Gasteiger charge is -2.30. The number of nitrogens with one attached hydrogen (secondary N) is 1. The Hall–Kier alpha value is -2.14. The highest BCUT2D eigenvalue weighted by atomic mass is 16.5. The number of aromatic nitrogens is 2. The van der Waals surface area contributed by atoms with Crippen LogP contribution in [0.25, 0.3) is 0 Å². The van der Waals surface area contributed by atoms with Crippen molar-refractivity contribution in [2.75, 3.05) is 19.0 Å². The highest BCUT2D eigenvalue weighted by Crippen LogP contribution is 2.29. The number of hydrogen-bond acceptors (Lipinski definition) is 5. The molecule has 0 radical (unpaired) electrons. The van der Waals surface area contributed by atoms with Gasteiger partial charge in [0.1, 0.15) is 0 Å². The topological polar surface area (TPSA) is 56.3 Å². The minimum Gasteiger partial charge on any atom is -0.481 e. The molecule has 5 heteroatoms.